The lowest BCUT2D eigenvalue weighted by molar-refractivity contribution is 0.0390. The number of carbonyl (C=O) groups excluding carboxylic acids is 1. The van der Waals surface area contributed by atoms with Crippen molar-refractivity contribution in [2.45, 2.75) is 57.7 Å². The minimum absolute atomic E-state index is 0.00243. The van der Waals surface area contributed by atoms with E-state index >= 15 is 0 Å². The fraction of sp³-hybridized carbons (Fsp3) is 0.478. The maximum Gasteiger partial charge on any atom is 0.280 e. The van der Waals surface area contributed by atoms with Crippen LogP contribution < -0.4 is 5.32 Å². The molecule has 0 bridgehead atoms. The van der Waals surface area contributed by atoms with E-state index in [1.54, 1.807) is 25.7 Å². The predicted molar refractivity (Wildman–Crippen MR) is 133 cm³/mol. The van der Waals surface area contributed by atoms with Gasteiger partial charge in [0.15, 0.2) is 10.8 Å². The summed E-state index contributed by atoms with van der Waals surface area (Å²) in [5.74, 6) is 1.85. The Kier molecular flexibility index (Phi) is 6.81. The van der Waals surface area contributed by atoms with Crippen LogP contribution in [0.5, 0.6) is 0 Å². The number of amides is 1. The number of thiazole rings is 1. The molecule has 12 heteroatoms. The standard InChI is InChI=1S/C23H27ClN8O2S/c1-13(2)6-21-30-17-11-25-20(32-27-4-5-28-32)10-18(17)31(21)15-7-14(8-16(9-15)34-3)29-22(33)23-26-12-19(24)35-23/h4-5,10-16H,6-9H2,1-3H3,(H,29,33)/t14-,15+,16-/m1/s1. The van der Waals surface area contributed by atoms with Crippen molar-refractivity contribution in [3.8, 4) is 5.82 Å². The Balaban J connectivity index is 1.50. The molecule has 1 aliphatic rings. The van der Waals surface area contributed by atoms with Crippen LogP contribution in [0.15, 0.2) is 30.9 Å². The minimum atomic E-state index is -0.212. The summed E-state index contributed by atoms with van der Waals surface area (Å²) in [6, 6.07) is 1.99. The van der Waals surface area contributed by atoms with Gasteiger partial charge in [0.05, 0.1) is 36.4 Å². The van der Waals surface area contributed by atoms with E-state index in [4.69, 9.17) is 21.3 Å². The molecule has 4 heterocycles. The highest BCUT2D eigenvalue weighted by Gasteiger charge is 2.33. The second kappa shape index (κ2) is 10.00. The molecule has 4 aromatic rings. The number of imidazole rings is 1. The van der Waals surface area contributed by atoms with Crippen molar-refractivity contribution in [1.29, 1.82) is 0 Å². The molecule has 0 spiro atoms. The van der Waals surface area contributed by atoms with Gasteiger partial charge in [0.25, 0.3) is 5.91 Å². The van der Waals surface area contributed by atoms with Crippen LogP contribution in [0.1, 0.15) is 54.8 Å². The molecule has 0 saturated heterocycles. The van der Waals surface area contributed by atoms with Crippen LogP contribution in [0.25, 0.3) is 16.9 Å². The first kappa shape index (κ1) is 23.8. The first-order valence-electron chi connectivity index (χ1n) is 11.6. The van der Waals surface area contributed by atoms with Crippen LogP contribution in [0, 0.1) is 5.92 Å². The molecule has 10 nitrogen and oxygen atoms in total. The number of rotatable bonds is 7. The normalized spacial score (nSPS) is 20.5. The molecule has 0 aliphatic heterocycles. The summed E-state index contributed by atoms with van der Waals surface area (Å²) in [6.07, 6.45) is 9.65. The molecule has 1 N–H and O–H groups in total. The van der Waals surface area contributed by atoms with Gasteiger partial charge in [-0.15, -0.1) is 4.80 Å². The molecule has 184 valence electrons. The number of carbonyl (C=O) groups is 1. The van der Waals surface area contributed by atoms with Gasteiger partial charge in [0.2, 0.25) is 0 Å². The third kappa shape index (κ3) is 5.07. The second-order valence-electron chi connectivity index (χ2n) is 9.20. The van der Waals surface area contributed by atoms with E-state index in [9.17, 15) is 4.79 Å². The summed E-state index contributed by atoms with van der Waals surface area (Å²) in [5.41, 5.74) is 1.80. The average Bonchev–Trinajstić information content (AvgIpc) is 3.57. The number of ether oxygens (including phenoxy) is 1. The highest BCUT2D eigenvalue weighted by molar-refractivity contribution is 7.17. The van der Waals surface area contributed by atoms with Crippen LogP contribution in [0.2, 0.25) is 4.34 Å². The topological polar surface area (TPSA) is 113 Å². The highest BCUT2D eigenvalue weighted by atomic mass is 35.5. The fourth-order valence-electron chi connectivity index (χ4n) is 4.76. The zero-order valence-electron chi connectivity index (χ0n) is 19.8. The number of methoxy groups -OCH3 is 1. The van der Waals surface area contributed by atoms with Crippen LogP contribution in [0.4, 0.5) is 0 Å². The zero-order valence-corrected chi connectivity index (χ0v) is 21.3. The molecule has 0 unspecified atom stereocenters. The lowest BCUT2D eigenvalue weighted by atomic mass is 9.88. The third-order valence-corrected chi connectivity index (χ3v) is 7.31. The maximum atomic E-state index is 12.8. The molecule has 0 radical (unpaired) electrons. The Morgan fingerprint density at radius 2 is 2.03 bits per heavy atom. The number of hydrogen-bond acceptors (Lipinski definition) is 8. The van der Waals surface area contributed by atoms with Gasteiger partial charge < -0.3 is 14.6 Å². The average molecular weight is 515 g/mol. The van der Waals surface area contributed by atoms with E-state index in [1.165, 1.54) is 22.3 Å². The Bertz CT molecular complexity index is 1320. The molecular weight excluding hydrogens is 488 g/mol. The van der Waals surface area contributed by atoms with E-state index in [0.717, 1.165) is 42.5 Å². The molecular formula is C23H27ClN8O2S. The Morgan fingerprint density at radius 1 is 1.23 bits per heavy atom. The van der Waals surface area contributed by atoms with Crippen LogP contribution in [-0.4, -0.2) is 59.7 Å². The van der Waals surface area contributed by atoms with Crippen molar-refractivity contribution in [3.63, 3.8) is 0 Å². The van der Waals surface area contributed by atoms with Crippen LogP contribution in [-0.2, 0) is 11.2 Å². The van der Waals surface area contributed by atoms with Gasteiger partial charge in [-0.05, 0) is 25.2 Å². The number of nitrogens with zero attached hydrogens (tertiary/aromatic N) is 7. The number of aromatic nitrogens is 7. The largest absolute Gasteiger partial charge is 0.381 e. The summed E-state index contributed by atoms with van der Waals surface area (Å²) >= 11 is 7.15. The number of fused-ring (bicyclic) bond motifs is 1. The molecule has 1 aliphatic carbocycles. The zero-order chi connectivity index (χ0) is 24.5. The molecule has 35 heavy (non-hydrogen) atoms. The summed E-state index contributed by atoms with van der Waals surface area (Å²) in [6.45, 7) is 4.37. The molecule has 3 atom stereocenters. The molecule has 4 aromatic heterocycles. The summed E-state index contributed by atoms with van der Waals surface area (Å²) in [7, 11) is 1.72. The second-order valence-corrected chi connectivity index (χ2v) is 10.9. The van der Waals surface area contributed by atoms with Crippen molar-refractivity contribution in [2.24, 2.45) is 5.92 Å². The maximum absolute atomic E-state index is 12.8. The van der Waals surface area contributed by atoms with Gasteiger partial charge in [-0.1, -0.05) is 36.8 Å². The third-order valence-electron chi connectivity index (χ3n) is 6.19. The minimum Gasteiger partial charge on any atom is -0.381 e. The summed E-state index contributed by atoms with van der Waals surface area (Å²) in [5, 5.41) is 12.0. The van der Waals surface area contributed by atoms with E-state index in [0.29, 0.717) is 21.1 Å². The van der Waals surface area contributed by atoms with Crippen molar-refractivity contribution < 1.29 is 9.53 Å². The predicted octanol–water partition coefficient (Wildman–Crippen LogP) is 3.86. The van der Waals surface area contributed by atoms with Crippen LogP contribution >= 0.6 is 22.9 Å². The van der Waals surface area contributed by atoms with E-state index in [1.807, 2.05) is 6.07 Å². The van der Waals surface area contributed by atoms with Gasteiger partial charge >= 0.3 is 0 Å². The van der Waals surface area contributed by atoms with Gasteiger partial charge in [-0.2, -0.15) is 10.2 Å². The van der Waals surface area contributed by atoms with Crippen molar-refractivity contribution >= 4 is 39.9 Å². The molecule has 1 saturated carbocycles. The summed E-state index contributed by atoms with van der Waals surface area (Å²) in [4.78, 5) is 27.9. The number of nitrogens with one attached hydrogen (secondary N) is 1. The number of pyridine rings is 1. The monoisotopic (exact) mass is 514 g/mol. The van der Waals surface area contributed by atoms with Crippen molar-refractivity contribution in [3.05, 3.63) is 46.0 Å². The number of hydrogen-bond donors (Lipinski definition) is 1. The smallest absolute Gasteiger partial charge is 0.280 e. The first-order chi connectivity index (χ1) is 16.9. The Morgan fingerprint density at radius 3 is 2.71 bits per heavy atom. The Labute approximate surface area is 211 Å². The van der Waals surface area contributed by atoms with Gasteiger partial charge in [-0.25, -0.2) is 15.0 Å². The quantitative estimate of drug-likeness (QED) is 0.398. The Hall–Kier alpha value is -2.89. The lowest BCUT2D eigenvalue weighted by Gasteiger charge is -2.36. The van der Waals surface area contributed by atoms with E-state index < -0.39 is 0 Å². The summed E-state index contributed by atoms with van der Waals surface area (Å²) < 4.78 is 8.59. The molecule has 0 aromatic carbocycles. The fourth-order valence-corrected chi connectivity index (χ4v) is 5.58. The van der Waals surface area contributed by atoms with Crippen molar-refractivity contribution in [2.75, 3.05) is 7.11 Å². The SMILES string of the molecule is CO[C@@H]1C[C@H](NC(=O)c2ncc(Cl)s2)C[C@H](n2c(CC(C)C)nc3cnc(-n4nccn4)cc32)C1. The highest BCUT2D eigenvalue weighted by Crippen LogP contribution is 2.35. The van der Waals surface area contributed by atoms with Crippen LogP contribution in [0.3, 0.4) is 0 Å². The molecule has 1 amide bonds. The molecule has 1 fully saturated rings. The van der Waals surface area contributed by atoms with Gasteiger partial charge in [0, 0.05) is 31.7 Å². The van der Waals surface area contributed by atoms with Gasteiger partial charge in [-0.3, -0.25) is 4.79 Å². The number of halogens is 1. The van der Waals surface area contributed by atoms with E-state index in [2.05, 4.69) is 43.9 Å². The lowest BCUT2D eigenvalue weighted by Crippen LogP contribution is -2.43. The molecule has 5 rings (SSSR count). The van der Waals surface area contributed by atoms with Crippen molar-refractivity contribution in [1.82, 2.24) is 39.8 Å². The van der Waals surface area contributed by atoms with Gasteiger partial charge in [0.1, 0.15) is 15.7 Å². The van der Waals surface area contributed by atoms with E-state index in [-0.39, 0.29) is 24.1 Å². The first-order valence-corrected chi connectivity index (χ1v) is 12.8.